The van der Waals surface area contributed by atoms with Crippen LogP contribution in [-0.4, -0.2) is 62.6 Å². The third kappa shape index (κ3) is 5.47. The summed E-state index contributed by atoms with van der Waals surface area (Å²) in [6.07, 6.45) is 3.03. The molecule has 0 bridgehead atoms. The van der Waals surface area contributed by atoms with Gasteiger partial charge in [-0.1, -0.05) is 12.1 Å². The van der Waals surface area contributed by atoms with E-state index in [2.05, 4.69) is 4.90 Å². The fourth-order valence-electron chi connectivity index (χ4n) is 4.59. The zero-order valence-electron chi connectivity index (χ0n) is 18.8. The van der Waals surface area contributed by atoms with E-state index in [-0.39, 0.29) is 22.6 Å². The number of benzene rings is 2. The third-order valence-electron chi connectivity index (χ3n) is 6.39. The van der Waals surface area contributed by atoms with Crippen LogP contribution in [-0.2, 0) is 10.0 Å². The van der Waals surface area contributed by atoms with Crippen molar-refractivity contribution in [2.24, 2.45) is 0 Å². The Bertz CT molecular complexity index is 1050. The number of piperidine rings is 2. The molecule has 2 heterocycles. The number of para-hydroxylation sites is 1. The summed E-state index contributed by atoms with van der Waals surface area (Å²) in [4.78, 5) is 2.33. The quantitative estimate of drug-likeness (QED) is 0.598. The highest BCUT2D eigenvalue weighted by Gasteiger charge is 2.34. The first-order chi connectivity index (χ1) is 15.9. The fourth-order valence-corrected chi connectivity index (χ4v) is 6.07. The van der Waals surface area contributed by atoms with Gasteiger partial charge in [-0.05, 0) is 62.9 Å². The van der Waals surface area contributed by atoms with Crippen LogP contribution in [0.5, 0.6) is 11.5 Å². The van der Waals surface area contributed by atoms with Crippen LogP contribution in [0.1, 0.15) is 32.6 Å². The molecule has 2 aromatic rings. The zero-order valence-corrected chi connectivity index (χ0v) is 19.6. The molecule has 6 nitrogen and oxygen atoms in total. The second kappa shape index (κ2) is 10.4. The lowest BCUT2D eigenvalue weighted by Crippen LogP contribution is -2.50. The fraction of sp³-hybridized carbons (Fsp3) is 0.500. The SMILES string of the molecule is CCOc1ccc(S(=O)(=O)N2CCC(N3CCC(Oc4ccccc4F)CC3)CC2)cc1F. The summed E-state index contributed by atoms with van der Waals surface area (Å²) >= 11 is 0. The van der Waals surface area contributed by atoms with E-state index in [4.69, 9.17) is 9.47 Å². The molecule has 180 valence electrons. The first kappa shape index (κ1) is 23.9. The smallest absolute Gasteiger partial charge is 0.243 e. The molecule has 2 aromatic carbocycles. The Morgan fingerprint density at radius 2 is 1.61 bits per heavy atom. The Hall–Kier alpha value is -2.23. The van der Waals surface area contributed by atoms with Crippen molar-refractivity contribution in [2.45, 2.75) is 49.6 Å². The average molecular weight is 481 g/mol. The van der Waals surface area contributed by atoms with Gasteiger partial charge in [-0.25, -0.2) is 17.2 Å². The van der Waals surface area contributed by atoms with E-state index in [1.807, 2.05) is 0 Å². The molecule has 0 atom stereocenters. The lowest BCUT2D eigenvalue weighted by Gasteiger charge is -2.41. The largest absolute Gasteiger partial charge is 0.491 e. The zero-order chi connectivity index (χ0) is 23.4. The monoisotopic (exact) mass is 480 g/mol. The lowest BCUT2D eigenvalue weighted by molar-refractivity contribution is 0.0568. The molecule has 0 saturated carbocycles. The van der Waals surface area contributed by atoms with Crippen molar-refractivity contribution in [1.29, 1.82) is 0 Å². The third-order valence-corrected chi connectivity index (χ3v) is 8.28. The van der Waals surface area contributed by atoms with Crippen molar-refractivity contribution in [3.8, 4) is 11.5 Å². The molecule has 0 spiro atoms. The lowest BCUT2D eigenvalue weighted by atomic mass is 10.00. The predicted octanol–water partition coefficient (Wildman–Crippen LogP) is 4.06. The Morgan fingerprint density at radius 3 is 2.24 bits per heavy atom. The first-order valence-corrected chi connectivity index (χ1v) is 12.9. The van der Waals surface area contributed by atoms with Crippen LogP contribution in [0.2, 0.25) is 0 Å². The first-order valence-electron chi connectivity index (χ1n) is 11.5. The van der Waals surface area contributed by atoms with E-state index < -0.39 is 15.8 Å². The molecule has 9 heteroatoms. The van der Waals surface area contributed by atoms with Crippen LogP contribution in [0.25, 0.3) is 0 Å². The highest BCUT2D eigenvalue weighted by molar-refractivity contribution is 7.89. The van der Waals surface area contributed by atoms with E-state index in [0.717, 1.165) is 44.8 Å². The van der Waals surface area contributed by atoms with Crippen molar-refractivity contribution >= 4 is 10.0 Å². The van der Waals surface area contributed by atoms with Crippen LogP contribution >= 0.6 is 0 Å². The minimum absolute atomic E-state index is 0.0202. The van der Waals surface area contributed by atoms with Crippen molar-refractivity contribution in [2.75, 3.05) is 32.8 Å². The average Bonchev–Trinajstić information content (AvgIpc) is 2.82. The van der Waals surface area contributed by atoms with Gasteiger partial charge in [0.25, 0.3) is 0 Å². The number of likely N-dealkylation sites (tertiary alicyclic amines) is 1. The van der Waals surface area contributed by atoms with Gasteiger partial charge in [-0.15, -0.1) is 0 Å². The molecule has 2 aliphatic heterocycles. The summed E-state index contributed by atoms with van der Waals surface area (Å²) < 4.78 is 66.4. The van der Waals surface area contributed by atoms with E-state index >= 15 is 0 Å². The Kier molecular flexibility index (Phi) is 7.51. The highest BCUT2D eigenvalue weighted by Crippen LogP contribution is 2.28. The van der Waals surface area contributed by atoms with Gasteiger partial charge in [-0.2, -0.15) is 4.31 Å². The maximum atomic E-state index is 14.2. The van der Waals surface area contributed by atoms with Gasteiger partial charge in [0.1, 0.15) is 6.10 Å². The molecule has 0 amide bonds. The summed E-state index contributed by atoms with van der Waals surface area (Å²) in [6, 6.07) is 10.5. The van der Waals surface area contributed by atoms with Crippen LogP contribution in [0.4, 0.5) is 8.78 Å². The van der Waals surface area contributed by atoms with Crippen LogP contribution in [0.15, 0.2) is 47.4 Å². The van der Waals surface area contributed by atoms with Gasteiger partial charge >= 0.3 is 0 Å². The van der Waals surface area contributed by atoms with Crippen LogP contribution < -0.4 is 9.47 Å². The highest BCUT2D eigenvalue weighted by atomic mass is 32.2. The number of nitrogens with zero attached hydrogens (tertiary/aromatic N) is 2. The summed E-state index contributed by atoms with van der Waals surface area (Å²) in [5.74, 6) is -0.674. The van der Waals surface area contributed by atoms with E-state index in [0.29, 0.717) is 31.5 Å². The molecular formula is C24H30F2N2O4S. The number of sulfonamides is 1. The van der Waals surface area contributed by atoms with Gasteiger partial charge in [0, 0.05) is 32.2 Å². The molecule has 0 N–H and O–H groups in total. The van der Waals surface area contributed by atoms with E-state index in [9.17, 15) is 17.2 Å². The predicted molar refractivity (Wildman–Crippen MR) is 121 cm³/mol. The standard InChI is InChI=1S/C24H30F2N2O4S/c1-2-31-23-8-7-20(17-22(23)26)33(29,30)28-15-9-18(10-16-28)27-13-11-19(12-14-27)32-24-6-4-3-5-21(24)25/h3-8,17-19H,2,9-16H2,1H3. The van der Waals surface area contributed by atoms with Crippen LogP contribution in [0, 0.1) is 11.6 Å². The minimum Gasteiger partial charge on any atom is -0.491 e. The summed E-state index contributed by atoms with van der Waals surface area (Å²) in [5.41, 5.74) is 0. The van der Waals surface area contributed by atoms with Gasteiger partial charge in [-0.3, -0.25) is 0 Å². The van der Waals surface area contributed by atoms with Gasteiger partial charge in [0.2, 0.25) is 10.0 Å². The topological polar surface area (TPSA) is 59.1 Å². The Morgan fingerprint density at radius 1 is 0.909 bits per heavy atom. The number of hydrogen-bond donors (Lipinski definition) is 0. The molecule has 0 aliphatic carbocycles. The maximum Gasteiger partial charge on any atom is 0.243 e. The van der Waals surface area contributed by atoms with Gasteiger partial charge in [0.15, 0.2) is 23.1 Å². The van der Waals surface area contributed by atoms with E-state index in [1.165, 1.54) is 22.5 Å². The van der Waals surface area contributed by atoms with Crippen LogP contribution in [0.3, 0.4) is 0 Å². The Labute approximate surface area is 194 Å². The molecule has 4 rings (SSSR count). The van der Waals surface area contributed by atoms with E-state index in [1.54, 1.807) is 25.1 Å². The minimum atomic E-state index is -3.75. The second-order valence-electron chi connectivity index (χ2n) is 8.44. The van der Waals surface area contributed by atoms with Gasteiger partial charge in [0.05, 0.1) is 11.5 Å². The normalized spacial score (nSPS) is 19.5. The molecule has 33 heavy (non-hydrogen) atoms. The molecule has 2 saturated heterocycles. The van der Waals surface area contributed by atoms with Crippen molar-refractivity contribution in [3.63, 3.8) is 0 Å². The molecule has 2 fully saturated rings. The molecule has 0 aromatic heterocycles. The van der Waals surface area contributed by atoms with Crippen molar-refractivity contribution in [1.82, 2.24) is 9.21 Å². The number of ether oxygens (including phenoxy) is 2. The summed E-state index contributed by atoms with van der Waals surface area (Å²) in [5, 5.41) is 0. The molecule has 2 aliphatic rings. The number of hydrogen-bond acceptors (Lipinski definition) is 5. The van der Waals surface area contributed by atoms with Gasteiger partial charge < -0.3 is 14.4 Å². The molecule has 0 radical (unpaired) electrons. The number of rotatable bonds is 7. The molecule has 0 unspecified atom stereocenters. The second-order valence-corrected chi connectivity index (χ2v) is 10.4. The maximum absolute atomic E-state index is 14.2. The number of halogens is 2. The molecular weight excluding hydrogens is 450 g/mol. The summed E-state index contributed by atoms with van der Waals surface area (Å²) in [6.45, 7) is 4.51. The Balaban J connectivity index is 1.29. The van der Waals surface area contributed by atoms with Crippen molar-refractivity contribution in [3.05, 3.63) is 54.1 Å². The summed E-state index contributed by atoms with van der Waals surface area (Å²) in [7, 11) is -3.75. The van der Waals surface area contributed by atoms with Crippen molar-refractivity contribution < 1.29 is 26.7 Å².